The van der Waals surface area contributed by atoms with Crippen LogP contribution in [0.5, 0.6) is 0 Å². The molecular weight excluding hydrogens is 204 g/mol. The zero-order chi connectivity index (χ0) is 11.6. The van der Waals surface area contributed by atoms with Gasteiger partial charge in [0.1, 0.15) is 6.61 Å². The number of nitrogens with zero attached hydrogens (tertiary/aromatic N) is 2. The molecule has 0 atom stereocenters. The fourth-order valence-corrected chi connectivity index (χ4v) is 1.56. The molecule has 0 spiro atoms. The van der Waals surface area contributed by atoms with Crippen LogP contribution in [-0.2, 0) is 12.0 Å². The Morgan fingerprint density at radius 1 is 1.25 bits per heavy atom. The van der Waals surface area contributed by atoms with Gasteiger partial charge in [-0.15, -0.1) is 0 Å². The van der Waals surface area contributed by atoms with Crippen LogP contribution in [0, 0.1) is 0 Å². The molecule has 0 aliphatic rings. The third-order valence-corrected chi connectivity index (χ3v) is 2.66. The number of hydrogen-bond donors (Lipinski definition) is 1. The number of aliphatic hydroxyl groups excluding tert-OH is 1. The SMILES string of the molecule is CC(C)(c1ccccc1)c1noc(CO)n1. The van der Waals surface area contributed by atoms with Crippen LogP contribution in [0.25, 0.3) is 0 Å². The molecule has 1 aromatic carbocycles. The van der Waals surface area contributed by atoms with Gasteiger partial charge in [-0.05, 0) is 19.4 Å². The molecular formula is C12H14N2O2. The Morgan fingerprint density at radius 2 is 1.94 bits per heavy atom. The van der Waals surface area contributed by atoms with E-state index in [9.17, 15) is 0 Å². The van der Waals surface area contributed by atoms with Gasteiger partial charge in [0.2, 0.25) is 0 Å². The second-order valence-corrected chi connectivity index (χ2v) is 4.16. The van der Waals surface area contributed by atoms with Crippen molar-refractivity contribution in [2.75, 3.05) is 0 Å². The van der Waals surface area contributed by atoms with E-state index >= 15 is 0 Å². The van der Waals surface area contributed by atoms with E-state index in [0.717, 1.165) is 5.56 Å². The van der Waals surface area contributed by atoms with Gasteiger partial charge in [-0.2, -0.15) is 4.98 Å². The molecule has 0 saturated carbocycles. The molecule has 0 aliphatic carbocycles. The van der Waals surface area contributed by atoms with Gasteiger partial charge in [0, 0.05) is 0 Å². The number of hydrogen-bond acceptors (Lipinski definition) is 4. The second kappa shape index (κ2) is 4.06. The first-order chi connectivity index (χ1) is 7.64. The van der Waals surface area contributed by atoms with Crippen molar-refractivity contribution >= 4 is 0 Å². The highest BCUT2D eigenvalue weighted by Crippen LogP contribution is 2.28. The van der Waals surface area contributed by atoms with Gasteiger partial charge in [0.25, 0.3) is 5.89 Å². The first-order valence-corrected chi connectivity index (χ1v) is 5.14. The Balaban J connectivity index is 2.38. The van der Waals surface area contributed by atoms with Crippen molar-refractivity contribution in [2.24, 2.45) is 0 Å². The maximum Gasteiger partial charge on any atom is 0.252 e. The van der Waals surface area contributed by atoms with Gasteiger partial charge in [0.15, 0.2) is 5.82 Å². The largest absolute Gasteiger partial charge is 0.387 e. The lowest BCUT2D eigenvalue weighted by atomic mass is 9.84. The first-order valence-electron chi connectivity index (χ1n) is 5.14. The van der Waals surface area contributed by atoms with Crippen LogP contribution >= 0.6 is 0 Å². The molecule has 0 unspecified atom stereocenters. The number of benzene rings is 1. The molecule has 84 valence electrons. The predicted molar refractivity (Wildman–Crippen MR) is 58.8 cm³/mol. The molecule has 0 radical (unpaired) electrons. The Bertz CT molecular complexity index is 463. The first kappa shape index (κ1) is 10.8. The summed E-state index contributed by atoms with van der Waals surface area (Å²) in [6, 6.07) is 9.97. The molecule has 2 rings (SSSR count). The van der Waals surface area contributed by atoms with Crippen molar-refractivity contribution in [3.05, 3.63) is 47.6 Å². The van der Waals surface area contributed by atoms with Crippen molar-refractivity contribution in [3.63, 3.8) is 0 Å². The van der Waals surface area contributed by atoms with Gasteiger partial charge in [0.05, 0.1) is 5.41 Å². The van der Waals surface area contributed by atoms with Crippen molar-refractivity contribution in [1.29, 1.82) is 0 Å². The standard InChI is InChI=1S/C12H14N2O2/c1-12(2,9-6-4-3-5-7-9)11-13-10(8-15)16-14-11/h3-7,15H,8H2,1-2H3. The Hall–Kier alpha value is -1.68. The van der Waals surface area contributed by atoms with Crippen LogP contribution in [-0.4, -0.2) is 15.2 Å². The Kier molecular flexibility index (Phi) is 2.75. The summed E-state index contributed by atoms with van der Waals surface area (Å²) < 4.78 is 4.91. The minimum Gasteiger partial charge on any atom is -0.387 e. The van der Waals surface area contributed by atoms with Gasteiger partial charge in [-0.1, -0.05) is 35.5 Å². The molecule has 0 bridgehead atoms. The lowest BCUT2D eigenvalue weighted by Gasteiger charge is -2.20. The van der Waals surface area contributed by atoms with E-state index in [0.29, 0.717) is 5.82 Å². The van der Waals surface area contributed by atoms with E-state index in [1.807, 2.05) is 44.2 Å². The molecule has 0 amide bonds. The normalized spacial score (nSPS) is 11.7. The van der Waals surface area contributed by atoms with Gasteiger partial charge < -0.3 is 9.63 Å². The van der Waals surface area contributed by atoms with Gasteiger partial charge in [-0.25, -0.2) is 0 Å². The van der Waals surface area contributed by atoms with E-state index in [-0.39, 0.29) is 17.9 Å². The summed E-state index contributed by atoms with van der Waals surface area (Å²) in [7, 11) is 0. The predicted octanol–water partition coefficient (Wildman–Crippen LogP) is 1.89. The molecule has 4 heteroatoms. The Labute approximate surface area is 93.9 Å². The van der Waals surface area contributed by atoms with Crippen LogP contribution in [0.15, 0.2) is 34.9 Å². The third-order valence-electron chi connectivity index (χ3n) is 2.66. The second-order valence-electron chi connectivity index (χ2n) is 4.16. The quantitative estimate of drug-likeness (QED) is 0.854. The number of aliphatic hydroxyl groups is 1. The molecule has 2 aromatic rings. The van der Waals surface area contributed by atoms with Crippen LogP contribution < -0.4 is 0 Å². The average molecular weight is 218 g/mol. The van der Waals surface area contributed by atoms with Crippen LogP contribution in [0.2, 0.25) is 0 Å². The number of aromatic nitrogens is 2. The van der Waals surface area contributed by atoms with Crippen molar-refractivity contribution < 1.29 is 9.63 Å². The lowest BCUT2D eigenvalue weighted by Crippen LogP contribution is -2.20. The van der Waals surface area contributed by atoms with Crippen molar-refractivity contribution in [2.45, 2.75) is 25.9 Å². The molecule has 0 fully saturated rings. The highest BCUT2D eigenvalue weighted by Gasteiger charge is 2.28. The highest BCUT2D eigenvalue weighted by atomic mass is 16.5. The molecule has 1 aromatic heterocycles. The molecule has 1 N–H and O–H groups in total. The lowest BCUT2D eigenvalue weighted by molar-refractivity contribution is 0.222. The third kappa shape index (κ3) is 1.84. The average Bonchev–Trinajstić information content (AvgIpc) is 2.79. The Morgan fingerprint density at radius 3 is 2.50 bits per heavy atom. The summed E-state index contributed by atoms with van der Waals surface area (Å²) in [6.07, 6.45) is 0. The topological polar surface area (TPSA) is 59.2 Å². The molecule has 1 heterocycles. The molecule has 4 nitrogen and oxygen atoms in total. The van der Waals surface area contributed by atoms with E-state index in [2.05, 4.69) is 10.1 Å². The monoisotopic (exact) mass is 218 g/mol. The summed E-state index contributed by atoms with van der Waals surface area (Å²) in [5.41, 5.74) is 0.790. The van der Waals surface area contributed by atoms with Gasteiger partial charge in [-0.3, -0.25) is 0 Å². The summed E-state index contributed by atoms with van der Waals surface area (Å²) in [4.78, 5) is 4.15. The molecule has 0 aliphatic heterocycles. The van der Waals surface area contributed by atoms with Crippen molar-refractivity contribution in [3.8, 4) is 0 Å². The fraction of sp³-hybridized carbons (Fsp3) is 0.333. The number of rotatable bonds is 3. The summed E-state index contributed by atoms with van der Waals surface area (Å²) >= 11 is 0. The maximum absolute atomic E-state index is 8.89. The highest BCUT2D eigenvalue weighted by molar-refractivity contribution is 5.30. The minimum atomic E-state index is -0.321. The summed E-state index contributed by atoms with van der Waals surface area (Å²) in [5.74, 6) is 0.835. The van der Waals surface area contributed by atoms with E-state index < -0.39 is 0 Å². The zero-order valence-electron chi connectivity index (χ0n) is 9.34. The van der Waals surface area contributed by atoms with Crippen molar-refractivity contribution in [1.82, 2.24) is 10.1 Å². The van der Waals surface area contributed by atoms with Crippen LogP contribution in [0.1, 0.15) is 31.1 Å². The summed E-state index contributed by atoms with van der Waals surface area (Å²) in [6.45, 7) is 3.82. The van der Waals surface area contributed by atoms with E-state index in [4.69, 9.17) is 9.63 Å². The smallest absolute Gasteiger partial charge is 0.252 e. The fourth-order valence-electron chi connectivity index (χ4n) is 1.56. The van der Waals surface area contributed by atoms with Crippen LogP contribution in [0.4, 0.5) is 0 Å². The summed E-state index contributed by atoms with van der Waals surface area (Å²) in [5, 5.41) is 12.8. The molecule has 0 saturated heterocycles. The maximum atomic E-state index is 8.89. The van der Waals surface area contributed by atoms with Gasteiger partial charge >= 0.3 is 0 Å². The zero-order valence-corrected chi connectivity index (χ0v) is 9.34. The minimum absolute atomic E-state index is 0.224. The van der Waals surface area contributed by atoms with E-state index in [1.54, 1.807) is 0 Å². The molecule has 16 heavy (non-hydrogen) atoms. The van der Waals surface area contributed by atoms with E-state index in [1.165, 1.54) is 0 Å². The van der Waals surface area contributed by atoms with Crippen LogP contribution in [0.3, 0.4) is 0 Å².